The normalized spacial score (nSPS) is 10.7. The lowest BCUT2D eigenvalue weighted by Gasteiger charge is -2.08. The Balaban J connectivity index is 2.39. The number of nitrogens with two attached hydrogens (primary N) is 1. The zero-order valence-corrected chi connectivity index (χ0v) is 10.2. The third kappa shape index (κ3) is 4.46. The molecule has 1 aromatic rings. The van der Waals surface area contributed by atoms with Crippen molar-refractivity contribution >= 4 is 23.2 Å². The van der Waals surface area contributed by atoms with Gasteiger partial charge in [0.05, 0.1) is 22.9 Å². The van der Waals surface area contributed by atoms with Gasteiger partial charge in [-0.05, 0) is 12.1 Å². The molecule has 18 heavy (non-hydrogen) atoms. The van der Waals surface area contributed by atoms with Crippen LogP contribution in [0.4, 0.5) is 14.5 Å². The number of hydrogen-bond donors (Lipinski definition) is 2. The molecule has 0 saturated carbocycles. The van der Waals surface area contributed by atoms with E-state index < -0.39 is 18.9 Å². The largest absolute Gasteiger partial charge is 0.397 e. The Morgan fingerprint density at radius 3 is 2.89 bits per heavy atom. The Hall–Kier alpha value is -1.40. The summed E-state index contributed by atoms with van der Waals surface area (Å²) in [4.78, 5) is 11.7. The van der Waals surface area contributed by atoms with Crippen LogP contribution in [0.25, 0.3) is 0 Å². The van der Waals surface area contributed by atoms with Gasteiger partial charge in [-0.15, -0.1) is 0 Å². The fourth-order valence-electron chi connectivity index (χ4n) is 1.24. The molecule has 0 fully saturated rings. The van der Waals surface area contributed by atoms with Crippen molar-refractivity contribution in [2.24, 2.45) is 0 Å². The lowest BCUT2D eigenvalue weighted by molar-refractivity contribution is 0.0188. The van der Waals surface area contributed by atoms with Crippen molar-refractivity contribution in [3.8, 4) is 0 Å². The van der Waals surface area contributed by atoms with E-state index >= 15 is 0 Å². The van der Waals surface area contributed by atoms with E-state index in [0.29, 0.717) is 0 Å². The van der Waals surface area contributed by atoms with Gasteiger partial charge in [-0.3, -0.25) is 4.79 Å². The molecule has 0 radical (unpaired) electrons. The molecule has 0 unspecified atom stereocenters. The van der Waals surface area contributed by atoms with E-state index in [1.807, 2.05) is 0 Å². The number of carbonyl (C=O) groups is 1. The standard InChI is InChI=1S/C11H13ClF2N2O2/c12-8-3-1-2-7(10(8)15)11(17)16-4-5-18-6-9(13)14/h1-3,9H,4-6,15H2,(H,16,17). The van der Waals surface area contributed by atoms with Crippen molar-refractivity contribution in [2.45, 2.75) is 6.43 Å². The molecule has 1 amide bonds. The average Bonchev–Trinajstić information content (AvgIpc) is 2.31. The minimum Gasteiger partial charge on any atom is -0.397 e. The molecule has 1 aromatic carbocycles. The molecule has 0 atom stereocenters. The molecule has 0 aliphatic rings. The number of amides is 1. The van der Waals surface area contributed by atoms with Crippen molar-refractivity contribution in [3.05, 3.63) is 28.8 Å². The molecule has 3 N–H and O–H groups in total. The molecular weight excluding hydrogens is 266 g/mol. The molecule has 100 valence electrons. The van der Waals surface area contributed by atoms with Gasteiger partial charge < -0.3 is 15.8 Å². The Morgan fingerprint density at radius 2 is 2.22 bits per heavy atom. The molecule has 0 bridgehead atoms. The fourth-order valence-corrected chi connectivity index (χ4v) is 1.41. The molecule has 1 rings (SSSR count). The van der Waals surface area contributed by atoms with Crippen LogP contribution in [-0.2, 0) is 4.74 Å². The number of alkyl halides is 2. The quantitative estimate of drug-likeness (QED) is 0.617. The molecule has 0 saturated heterocycles. The summed E-state index contributed by atoms with van der Waals surface area (Å²) in [6, 6.07) is 4.69. The summed E-state index contributed by atoms with van der Waals surface area (Å²) in [6.07, 6.45) is -2.51. The van der Waals surface area contributed by atoms with Crippen LogP contribution in [0, 0.1) is 0 Å². The number of anilines is 1. The van der Waals surface area contributed by atoms with Gasteiger partial charge in [-0.2, -0.15) is 0 Å². The summed E-state index contributed by atoms with van der Waals surface area (Å²) in [5.41, 5.74) is 6.06. The highest BCUT2D eigenvalue weighted by molar-refractivity contribution is 6.33. The van der Waals surface area contributed by atoms with Crippen LogP contribution in [-0.4, -0.2) is 32.1 Å². The highest BCUT2D eigenvalue weighted by atomic mass is 35.5. The van der Waals surface area contributed by atoms with E-state index in [1.54, 1.807) is 12.1 Å². The van der Waals surface area contributed by atoms with Crippen molar-refractivity contribution in [2.75, 3.05) is 25.5 Å². The summed E-state index contributed by atoms with van der Waals surface area (Å²) in [5.74, 6) is -0.421. The predicted octanol–water partition coefficient (Wildman–Crippen LogP) is 1.93. The van der Waals surface area contributed by atoms with Crippen LogP contribution in [0.3, 0.4) is 0 Å². The molecule has 0 aliphatic carbocycles. The Bertz CT molecular complexity index is 416. The summed E-state index contributed by atoms with van der Waals surface area (Å²) in [6.45, 7) is -0.511. The van der Waals surface area contributed by atoms with Crippen molar-refractivity contribution in [1.29, 1.82) is 0 Å². The second-order valence-corrected chi connectivity index (χ2v) is 3.83. The highest BCUT2D eigenvalue weighted by Crippen LogP contribution is 2.21. The van der Waals surface area contributed by atoms with Gasteiger partial charge in [-0.1, -0.05) is 17.7 Å². The maximum atomic E-state index is 11.7. The number of hydrogen-bond acceptors (Lipinski definition) is 3. The lowest BCUT2D eigenvalue weighted by Crippen LogP contribution is -2.28. The maximum Gasteiger partial charge on any atom is 0.261 e. The van der Waals surface area contributed by atoms with E-state index in [0.717, 1.165) is 0 Å². The van der Waals surface area contributed by atoms with Crippen LogP contribution < -0.4 is 11.1 Å². The second kappa shape index (κ2) is 7.13. The number of rotatable bonds is 6. The van der Waals surface area contributed by atoms with Crippen LogP contribution in [0.5, 0.6) is 0 Å². The number of ether oxygens (including phenoxy) is 1. The zero-order chi connectivity index (χ0) is 13.5. The minimum atomic E-state index is -2.51. The van der Waals surface area contributed by atoms with E-state index in [9.17, 15) is 13.6 Å². The molecule has 7 heteroatoms. The van der Waals surface area contributed by atoms with Gasteiger partial charge in [0.1, 0.15) is 6.61 Å². The van der Waals surface area contributed by atoms with E-state index in [1.165, 1.54) is 6.07 Å². The van der Waals surface area contributed by atoms with Crippen LogP contribution in [0.2, 0.25) is 5.02 Å². The molecule has 0 heterocycles. The first-order valence-corrected chi connectivity index (χ1v) is 5.58. The van der Waals surface area contributed by atoms with Crippen molar-refractivity contribution in [1.82, 2.24) is 5.32 Å². The highest BCUT2D eigenvalue weighted by Gasteiger charge is 2.11. The van der Waals surface area contributed by atoms with Gasteiger partial charge in [0.25, 0.3) is 12.3 Å². The van der Waals surface area contributed by atoms with Crippen LogP contribution >= 0.6 is 11.6 Å². The molecule has 0 aliphatic heterocycles. The Labute approximate surface area is 108 Å². The topological polar surface area (TPSA) is 64.4 Å². The number of nitrogens with one attached hydrogen (secondary N) is 1. The molecular formula is C11H13ClF2N2O2. The Kier molecular flexibility index (Phi) is 5.80. The number of carbonyl (C=O) groups excluding carboxylic acids is 1. The Morgan fingerprint density at radius 1 is 1.50 bits per heavy atom. The maximum absolute atomic E-state index is 11.7. The van der Waals surface area contributed by atoms with Crippen LogP contribution in [0.1, 0.15) is 10.4 Å². The van der Waals surface area contributed by atoms with E-state index in [4.69, 9.17) is 17.3 Å². The van der Waals surface area contributed by atoms with Gasteiger partial charge in [0.15, 0.2) is 0 Å². The number of halogens is 3. The van der Waals surface area contributed by atoms with Gasteiger partial charge in [0, 0.05) is 6.54 Å². The SMILES string of the molecule is Nc1c(Cl)cccc1C(=O)NCCOCC(F)F. The van der Waals surface area contributed by atoms with Crippen molar-refractivity contribution < 1.29 is 18.3 Å². The second-order valence-electron chi connectivity index (χ2n) is 3.42. The first-order chi connectivity index (χ1) is 8.52. The van der Waals surface area contributed by atoms with Crippen molar-refractivity contribution in [3.63, 3.8) is 0 Å². The third-order valence-electron chi connectivity index (χ3n) is 2.07. The summed E-state index contributed by atoms with van der Waals surface area (Å²) in [7, 11) is 0. The van der Waals surface area contributed by atoms with Crippen LogP contribution in [0.15, 0.2) is 18.2 Å². The van der Waals surface area contributed by atoms with Gasteiger partial charge in [-0.25, -0.2) is 8.78 Å². The monoisotopic (exact) mass is 278 g/mol. The number of benzene rings is 1. The fraction of sp³-hybridized carbons (Fsp3) is 0.364. The average molecular weight is 279 g/mol. The first-order valence-electron chi connectivity index (χ1n) is 5.20. The van der Waals surface area contributed by atoms with E-state index in [2.05, 4.69) is 10.1 Å². The predicted molar refractivity (Wildman–Crippen MR) is 65.0 cm³/mol. The third-order valence-corrected chi connectivity index (χ3v) is 2.40. The summed E-state index contributed by atoms with van der Waals surface area (Å²) >= 11 is 5.76. The lowest BCUT2D eigenvalue weighted by atomic mass is 10.1. The molecule has 0 spiro atoms. The first kappa shape index (κ1) is 14.7. The molecule has 0 aromatic heterocycles. The number of para-hydroxylation sites is 1. The summed E-state index contributed by atoms with van der Waals surface area (Å²) in [5, 5.41) is 2.78. The minimum absolute atomic E-state index is 0.0105. The van der Waals surface area contributed by atoms with Gasteiger partial charge >= 0.3 is 0 Å². The zero-order valence-electron chi connectivity index (χ0n) is 9.46. The number of nitrogen functional groups attached to an aromatic ring is 1. The smallest absolute Gasteiger partial charge is 0.261 e. The van der Waals surface area contributed by atoms with E-state index in [-0.39, 0.29) is 29.4 Å². The summed E-state index contributed by atoms with van der Waals surface area (Å²) < 4.78 is 28.1. The molecule has 4 nitrogen and oxygen atoms in total. The van der Waals surface area contributed by atoms with Gasteiger partial charge in [0.2, 0.25) is 0 Å².